The summed E-state index contributed by atoms with van der Waals surface area (Å²) in [5, 5.41) is 0. The summed E-state index contributed by atoms with van der Waals surface area (Å²) in [5.74, 6) is 0.527. The molecule has 0 N–H and O–H groups in total. The van der Waals surface area contributed by atoms with Crippen molar-refractivity contribution < 1.29 is 8.60 Å². The van der Waals surface area contributed by atoms with E-state index in [2.05, 4.69) is 23.2 Å². The lowest BCUT2D eigenvalue weighted by molar-refractivity contribution is 0.594. The zero-order valence-corrected chi connectivity index (χ0v) is 19.5. The molecule has 1 saturated carbocycles. The second-order valence-corrected chi connectivity index (χ2v) is 11.8. The van der Waals surface area contributed by atoms with Gasteiger partial charge in [-0.05, 0) is 87.9 Å². The van der Waals surface area contributed by atoms with Crippen LogP contribution in [-0.4, -0.2) is 24.2 Å². The van der Waals surface area contributed by atoms with Crippen molar-refractivity contribution in [3.8, 4) is 16.9 Å². The minimum absolute atomic E-state index is 0.247. The van der Waals surface area contributed by atoms with E-state index in [-0.39, 0.29) is 10.6 Å². The van der Waals surface area contributed by atoms with Crippen LogP contribution in [-0.2, 0) is 23.8 Å². The van der Waals surface area contributed by atoms with Gasteiger partial charge in [0.15, 0.2) is 0 Å². The van der Waals surface area contributed by atoms with Gasteiger partial charge in [0.1, 0.15) is 16.8 Å². The van der Waals surface area contributed by atoms with E-state index in [1.807, 2.05) is 31.5 Å². The highest BCUT2D eigenvalue weighted by Gasteiger charge is 2.37. The monoisotopic (exact) mass is 449 g/mol. The van der Waals surface area contributed by atoms with Gasteiger partial charge in [0, 0.05) is 35.0 Å². The second kappa shape index (κ2) is 8.07. The third-order valence-electron chi connectivity index (χ3n) is 6.55. The minimum atomic E-state index is -1.21. The fourth-order valence-electron chi connectivity index (χ4n) is 4.76. The summed E-state index contributed by atoms with van der Waals surface area (Å²) in [7, 11) is -1.21. The van der Waals surface area contributed by atoms with Gasteiger partial charge in [-0.2, -0.15) is 4.40 Å². The van der Waals surface area contributed by atoms with Crippen molar-refractivity contribution in [2.24, 2.45) is 16.2 Å². The van der Waals surface area contributed by atoms with Crippen LogP contribution in [0.25, 0.3) is 16.9 Å². The molecule has 5 rings (SSSR count). The van der Waals surface area contributed by atoms with Gasteiger partial charge in [-0.3, -0.25) is 0 Å². The van der Waals surface area contributed by atoms with Crippen LogP contribution in [0.15, 0.2) is 59.4 Å². The summed E-state index contributed by atoms with van der Waals surface area (Å²) in [6.07, 6.45) is 7.91. The standard InChI is InChI=1S/C26H28FN3OS/c1-26(2,3)32(31)29-25-19-6-7-20(25)14-21-13-18(5-4-17(21)12-19)24-15-30(16-28-24)23-10-8-22(27)9-11-23/h4-5,8-11,13,15-16,19-20H,6-7,12,14H2,1-3H3/b29-25-/t19?,20-,32?/m0/s1. The Kier molecular flexibility index (Phi) is 5.36. The van der Waals surface area contributed by atoms with Gasteiger partial charge in [0.05, 0.1) is 16.8 Å². The molecule has 2 aliphatic rings. The Hall–Kier alpha value is -2.60. The summed E-state index contributed by atoms with van der Waals surface area (Å²) in [4.78, 5) is 4.59. The average Bonchev–Trinajstić information content (AvgIpc) is 3.33. The lowest BCUT2D eigenvalue weighted by Crippen LogP contribution is -2.24. The van der Waals surface area contributed by atoms with Crippen molar-refractivity contribution in [1.82, 2.24) is 9.55 Å². The summed E-state index contributed by atoms with van der Waals surface area (Å²) in [5.41, 5.74) is 6.74. The van der Waals surface area contributed by atoms with Crippen LogP contribution in [0.5, 0.6) is 0 Å². The van der Waals surface area contributed by atoms with E-state index in [0.717, 1.165) is 48.3 Å². The Morgan fingerprint density at radius 3 is 2.41 bits per heavy atom. The molecule has 1 aromatic heterocycles. The van der Waals surface area contributed by atoms with Crippen LogP contribution in [0.4, 0.5) is 4.39 Å². The average molecular weight is 450 g/mol. The van der Waals surface area contributed by atoms with E-state index in [9.17, 15) is 8.60 Å². The smallest absolute Gasteiger partial charge is 0.144 e. The maximum Gasteiger partial charge on any atom is 0.144 e. The molecule has 166 valence electrons. The van der Waals surface area contributed by atoms with Crippen molar-refractivity contribution in [2.45, 2.75) is 51.2 Å². The fraction of sp³-hybridized carbons (Fsp3) is 0.385. The lowest BCUT2D eigenvalue weighted by Gasteiger charge is -2.17. The Labute approximate surface area is 191 Å². The molecule has 2 aromatic carbocycles. The molecule has 2 aliphatic carbocycles. The van der Waals surface area contributed by atoms with Gasteiger partial charge in [-0.25, -0.2) is 13.6 Å². The summed E-state index contributed by atoms with van der Waals surface area (Å²) in [6, 6.07) is 13.0. The first-order chi connectivity index (χ1) is 15.3. The molecular weight excluding hydrogens is 421 g/mol. The molecule has 1 heterocycles. The SMILES string of the molecule is CC(C)(C)S(=O)/N=C1/C2CC[C@H]1Cc1cc(-c3cn(-c4ccc(F)cc4)cn3)ccc1C2. The van der Waals surface area contributed by atoms with Crippen LogP contribution in [0, 0.1) is 17.7 Å². The molecule has 4 nitrogen and oxygen atoms in total. The Balaban J connectivity index is 1.43. The van der Waals surface area contributed by atoms with Crippen molar-refractivity contribution in [2.75, 3.05) is 0 Å². The predicted octanol–water partition coefficient (Wildman–Crippen LogP) is 5.71. The van der Waals surface area contributed by atoms with Crippen molar-refractivity contribution >= 4 is 16.7 Å². The first kappa shape index (κ1) is 21.3. The molecule has 0 spiro atoms. The van der Waals surface area contributed by atoms with Gasteiger partial charge in [0.25, 0.3) is 0 Å². The van der Waals surface area contributed by atoms with Crippen LogP contribution in [0.1, 0.15) is 44.7 Å². The number of aromatic nitrogens is 2. The summed E-state index contributed by atoms with van der Waals surface area (Å²) in [6.45, 7) is 5.95. The van der Waals surface area contributed by atoms with Crippen LogP contribution in [0.3, 0.4) is 0 Å². The maximum atomic E-state index is 13.2. The zero-order chi connectivity index (χ0) is 22.5. The number of nitrogens with zero attached hydrogens (tertiary/aromatic N) is 3. The highest BCUT2D eigenvalue weighted by atomic mass is 32.2. The summed E-state index contributed by atoms with van der Waals surface area (Å²) >= 11 is 0. The van der Waals surface area contributed by atoms with E-state index in [0.29, 0.717) is 11.8 Å². The molecule has 2 bridgehead atoms. The molecule has 32 heavy (non-hydrogen) atoms. The van der Waals surface area contributed by atoms with Gasteiger partial charge in [-0.15, -0.1) is 0 Å². The topological polar surface area (TPSA) is 47.2 Å². The van der Waals surface area contributed by atoms with E-state index in [4.69, 9.17) is 4.40 Å². The molecule has 0 aliphatic heterocycles. The normalized spacial score (nSPS) is 22.6. The molecule has 1 fully saturated rings. The maximum absolute atomic E-state index is 13.2. The molecule has 2 unspecified atom stereocenters. The van der Waals surface area contributed by atoms with Gasteiger partial charge in [0.2, 0.25) is 0 Å². The number of rotatable bonds is 3. The largest absolute Gasteiger partial charge is 0.306 e. The number of fused-ring (bicyclic) bond motifs is 3. The predicted molar refractivity (Wildman–Crippen MR) is 128 cm³/mol. The third-order valence-corrected chi connectivity index (χ3v) is 7.98. The fourth-order valence-corrected chi connectivity index (χ4v) is 5.52. The zero-order valence-electron chi connectivity index (χ0n) is 18.7. The highest BCUT2D eigenvalue weighted by Crippen LogP contribution is 2.39. The molecule has 0 radical (unpaired) electrons. The van der Waals surface area contributed by atoms with Gasteiger partial charge in [-0.1, -0.05) is 12.1 Å². The van der Waals surface area contributed by atoms with E-state index in [1.54, 1.807) is 18.5 Å². The molecular formula is C26H28FN3OS. The number of hydrogen-bond donors (Lipinski definition) is 0. The van der Waals surface area contributed by atoms with Crippen LogP contribution < -0.4 is 0 Å². The number of benzene rings is 2. The van der Waals surface area contributed by atoms with E-state index in [1.165, 1.54) is 23.3 Å². The lowest BCUT2D eigenvalue weighted by atomic mass is 9.91. The Morgan fingerprint density at radius 1 is 1.03 bits per heavy atom. The first-order valence-electron chi connectivity index (χ1n) is 11.2. The highest BCUT2D eigenvalue weighted by molar-refractivity contribution is 7.85. The quantitative estimate of drug-likeness (QED) is 0.514. The van der Waals surface area contributed by atoms with Crippen LogP contribution in [0.2, 0.25) is 0 Å². The molecule has 6 heteroatoms. The third kappa shape index (κ3) is 4.08. The first-order valence-corrected chi connectivity index (χ1v) is 12.3. The number of halogens is 1. The van der Waals surface area contributed by atoms with Crippen molar-refractivity contribution in [3.05, 3.63) is 71.9 Å². The molecule has 3 aromatic rings. The van der Waals surface area contributed by atoms with Gasteiger partial charge >= 0.3 is 0 Å². The number of imidazole rings is 1. The minimum Gasteiger partial charge on any atom is -0.306 e. The molecule has 3 atom stereocenters. The van der Waals surface area contributed by atoms with Crippen LogP contribution >= 0.6 is 0 Å². The molecule has 0 saturated heterocycles. The van der Waals surface area contributed by atoms with Crippen molar-refractivity contribution in [3.63, 3.8) is 0 Å². The van der Waals surface area contributed by atoms with Gasteiger partial charge < -0.3 is 4.57 Å². The molecule has 0 amide bonds. The summed E-state index contributed by atoms with van der Waals surface area (Å²) < 4.78 is 32.3. The Morgan fingerprint density at radius 2 is 1.72 bits per heavy atom. The Bertz CT molecular complexity index is 1210. The number of hydrogen-bond acceptors (Lipinski definition) is 2. The van der Waals surface area contributed by atoms with Crippen molar-refractivity contribution in [1.29, 1.82) is 0 Å². The second-order valence-electron chi connectivity index (χ2n) is 9.88. The van der Waals surface area contributed by atoms with E-state index < -0.39 is 11.0 Å². The van der Waals surface area contributed by atoms with E-state index >= 15 is 0 Å².